The molecular weight excluding hydrogens is 368 g/mol. The minimum atomic E-state index is -0.940. The summed E-state index contributed by atoms with van der Waals surface area (Å²) in [5.41, 5.74) is 1.14. The van der Waals surface area contributed by atoms with Crippen LogP contribution >= 0.6 is 15.9 Å². The molecule has 1 heterocycles. The third kappa shape index (κ3) is 3.98. The molecule has 5 nitrogen and oxygen atoms in total. The van der Waals surface area contributed by atoms with Crippen LogP contribution in [-0.2, 0) is 0 Å². The predicted octanol–water partition coefficient (Wildman–Crippen LogP) is 4.40. The van der Waals surface area contributed by atoms with Gasteiger partial charge in [0.15, 0.2) is 17.5 Å². The molecule has 0 amide bonds. The van der Waals surface area contributed by atoms with Gasteiger partial charge in [-0.1, -0.05) is 22.0 Å². The highest BCUT2D eigenvalue weighted by Gasteiger charge is 2.05. The molecule has 8 heteroatoms. The lowest BCUT2D eigenvalue weighted by molar-refractivity contribution is 0.509. The first-order valence-corrected chi connectivity index (χ1v) is 7.34. The summed E-state index contributed by atoms with van der Waals surface area (Å²) >= 11 is 3.37. The van der Waals surface area contributed by atoms with Crippen molar-refractivity contribution in [3.05, 3.63) is 64.8 Å². The molecule has 0 fully saturated rings. The van der Waals surface area contributed by atoms with Crippen molar-refractivity contribution in [3.8, 4) is 0 Å². The van der Waals surface area contributed by atoms with Crippen molar-refractivity contribution < 1.29 is 8.78 Å². The second-order valence-corrected chi connectivity index (χ2v) is 5.47. The van der Waals surface area contributed by atoms with Crippen molar-refractivity contribution in [3.63, 3.8) is 0 Å². The van der Waals surface area contributed by atoms with Gasteiger partial charge in [-0.3, -0.25) is 0 Å². The number of nitrogens with one attached hydrogen (secondary N) is 2. The molecule has 0 aliphatic carbocycles. The van der Waals surface area contributed by atoms with E-state index in [1.54, 1.807) is 0 Å². The average Bonchev–Trinajstić information content (AvgIpc) is 2.51. The maximum Gasteiger partial charge on any atom is 0.249 e. The topological polar surface area (TPSA) is 62.7 Å². The van der Waals surface area contributed by atoms with E-state index >= 15 is 0 Å². The zero-order chi connectivity index (χ0) is 16.2. The van der Waals surface area contributed by atoms with Crippen LogP contribution in [0.15, 0.2) is 53.1 Å². The highest BCUT2D eigenvalue weighted by Crippen LogP contribution is 2.20. The summed E-state index contributed by atoms with van der Waals surface area (Å²) in [6.07, 6.45) is 1.38. The van der Waals surface area contributed by atoms with E-state index in [1.165, 1.54) is 12.3 Å². The van der Waals surface area contributed by atoms with Gasteiger partial charge in [-0.25, -0.2) is 8.78 Å². The van der Waals surface area contributed by atoms with E-state index in [-0.39, 0.29) is 5.95 Å². The number of benzene rings is 2. The van der Waals surface area contributed by atoms with Gasteiger partial charge in [0.2, 0.25) is 5.95 Å². The molecule has 116 valence electrons. The molecule has 0 spiro atoms. The van der Waals surface area contributed by atoms with Crippen molar-refractivity contribution in [2.45, 2.75) is 0 Å². The smallest absolute Gasteiger partial charge is 0.249 e. The lowest BCUT2D eigenvalue weighted by Gasteiger charge is -2.08. The maximum atomic E-state index is 13.2. The number of nitrogens with zero attached hydrogens (tertiary/aromatic N) is 3. The molecule has 0 aliphatic heterocycles. The van der Waals surface area contributed by atoms with Crippen LogP contribution in [0.2, 0.25) is 0 Å². The van der Waals surface area contributed by atoms with Gasteiger partial charge in [-0.15, -0.1) is 5.10 Å². The van der Waals surface area contributed by atoms with Crippen LogP contribution in [0.25, 0.3) is 0 Å². The summed E-state index contributed by atoms with van der Waals surface area (Å²) in [5, 5.41) is 13.5. The second-order valence-electron chi connectivity index (χ2n) is 4.55. The highest BCUT2D eigenvalue weighted by atomic mass is 79.9. The molecule has 0 radical (unpaired) electrons. The third-order valence-corrected chi connectivity index (χ3v) is 3.32. The van der Waals surface area contributed by atoms with Crippen LogP contribution in [0.4, 0.5) is 31.9 Å². The number of aromatic nitrogens is 3. The Labute approximate surface area is 138 Å². The van der Waals surface area contributed by atoms with Gasteiger partial charge < -0.3 is 10.6 Å². The Bertz CT molecular complexity index is 844. The Morgan fingerprint density at radius 1 is 0.913 bits per heavy atom. The van der Waals surface area contributed by atoms with E-state index in [0.717, 1.165) is 22.3 Å². The standard InChI is InChI=1S/C15H10BrF2N5/c16-9-2-1-3-10(6-9)21-15-22-14(8-19-23-15)20-11-4-5-12(17)13(18)7-11/h1-8H,(H2,20,21,22,23). The SMILES string of the molecule is Fc1ccc(Nc2cnnc(Nc3cccc(Br)c3)n2)cc1F. The minimum absolute atomic E-state index is 0.274. The summed E-state index contributed by atoms with van der Waals surface area (Å²) < 4.78 is 27.0. The summed E-state index contributed by atoms with van der Waals surface area (Å²) in [6.45, 7) is 0. The second kappa shape index (κ2) is 6.66. The highest BCUT2D eigenvalue weighted by molar-refractivity contribution is 9.10. The van der Waals surface area contributed by atoms with Crippen LogP contribution in [0, 0.1) is 11.6 Å². The fourth-order valence-electron chi connectivity index (χ4n) is 1.83. The van der Waals surface area contributed by atoms with Crippen molar-refractivity contribution >= 4 is 39.1 Å². The largest absolute Gasteiger partial charge is 0.339 e. The van der Waals surface area contributed by atoms with Gasteiger partial charge >= 0.3 is 0 Å². The van der Waals surface area contributed by atoms with Gasteiger partial charge in [-0.2, -0.15) is 10.1 Å². The Balaban J connectivity index is 1.78. The van der Waals surface area contributed by atoms with Gasteiger partial charge in [0.25, 0.3) is 0 Å². The van der Waals surface area contributed by atoms with Crippen LogP contribution in [0.5, 0.6) is 0 Å². The van der Waals surface area contributed by atoms with Crippen molar-refractivity contribution in [2.24, 2.45) is 0 Å². The zero-order valence-corrected chi connectivity index (χ0v) is 13.2. The summed E-state index contributed by atoms with van der Waals surface area (Å²) in [6, 6.07) is 10.9. The zero-order valence-electron chi connectivity index (χ0n) is 11.6. The fourth-order valence-corrected chi connectivity index (χ4v) is 2.23. The molecule has 0 unspecified atom stereocenters. The molecule has 0 saturated carbocycles. The Kier molecular flexibility index (Phi) is 4.42. The molecule has 0 saturated heterocycles. The van der Waals surface area contributed by atoms with E-state index in [1.807, 2.05) is 24.3 Å². The van der Waals surface area contributed by atoms with Gasteiger partial charge in [-0.05, 0) is 30.3 Å². The summed E-state index contributed by atoms with van der Waals surface area (Å²) in [4.78, 5) is 4.22. The molecule has 3 aromatic rings. The molecule has 0 atom stereocenters. The molecule has 23 heavy (non-hydrogen) atoms. The Morgan fingerprint density at radius 3 is 2.52 bits per heavy atom. The van der Waals surface area contributed by atoms with Crippen LogP contribution < -0.4 is 10.6 Å². The van der Waals surface area contributed by atoms with E-state index in [4.69, 9.17) is 0 Å². The summed E-state index contributed by atoms with van der Waals surface area (Å²) in [7, 11) is 0. The third-order valence-electron chi connectivity index (χ3n) is 2.83. The summed E-state index contributed by atoms with van der Waals surface area (Å²) in [5.74, 6) is -1.22. The van der Waals surface area contributed by atoms with E-state index in [9.17, 15) is 8.78 Å². The molecule has 3 rings (SSSR count). The fraction of sp³-hybridized carbons (Fsp3) is 0. The van der Waals surface area contributed by atoms with Crippen LogP contribution in [-0.4, -0.2) is 15.2 Å². The Hall–Kier alpha value is -2.61. The molecule has 0 aliphatic rings. The maximum absolute atomic E-state index is 13.2. The number of hydrogen-bond donors (Lipinski definition) is 2. The lowest BCUT2D eigenvalue weighted by Crippen LogP contribution is -2.02. The number of hydrogen-bond acceptors (Lipinski definition) is 5. The van der Waals surface area contributed by atoms with Crippen LogP contribution in [0.3, 0.4) is 0 Å². The monoisotopic (exact) mass is 377 g/mol. The molecule has 1 aromatic heterocycles. The van der Waals surface area contributed by atoms with Gasteiger partial charge in [0.1, 0.15) is 0 Å². The first-order chi connectivity index (χ1) is 11.1. The lowest BCUT2D eigenvalue weighted by atomic mass is 10.3. The molecule has 2 N–H and O–H groups in total. The quantitative estimate of drug-likeness (QED) is 0.705. The number of anilines is 4. The van der Waals surface area contributed by atoms with Crippen molar-refractivity contribution in [1.29, 1.82) is 0 Å². The molecule has 2 aromatic carbocycles. The van der Waals surface area contributed by atoms with E-state index < -0.39 is 11.6 Å². The normalized spacial score (nSPS) is 10.4. The number of rotatable bonds is 4. The van der Waals surface area contributed by atoms with Crippen LogP contribution in [0.1, 0.15) is 0 Å². The van der Waals surface area contributed by atoms with Gasteiger partial charge in [0.05, 0.1) is 6.20 Å². The Morgan fingerprint density at radius 2 is 1.74 bits per heavy atom. The van der Waals surface area contributed by atoms with E-state index in [2.05, 4.69) is 41.7 Å². The van der Waals surface area contributed by atoms with E-state index in [0.29, 0.717) is 11.5 Å². The average molecular weight is 378 g/mol. The first-order valence-electron chi connectivity index (χ1n) is 6.54. The van der Waals surface area contributed by atoms with Gasteiger partial charge in [0, 0.05) is 21.9 Å². The van der Waals surface area contributed by atoms with Crippen molar-refractivity contribution in [2.75, 3.05) is 10.6 Å². The van der Waals surface area contributed by atoms with Crippen molar-refractivity contribution in [1.82, 2.24) is 15.2 Å². The first kappa shape index (κ1) is 15.3. The predicted molar refractivity (Wildman–Crippen MR) is 86.9 cm³/mol. The molecular formula is C15H10BrF2N5. The number of halogens is 3. The minimum Gasteiger partial charge on any atom is -0.339 e. The molecule has 0 bridgehead atoms.